The van der Waals surface area contributed by atoms with Crippen LogP contribution in [0.1, 0.15) is 11.1 Å². The number of hydrogen-bond acceptors (Lipinski definition) is 1. The Bertz CT molecular complexity index is 333. The van der Waals surface area contributed by atoms with Crippen LogP contribution in [0.25, 0.3) is 0 Å². The van der Waals surface area contributed by atoms with E-state index in [2.05, 4.69) is 20.9 Å². The van der Waals surface area contributed by atoms with Crippen LogP contribution in [-0.4, -0.2) is 6.21 Å². The number of aliphatic imine (C=N–C) groups is 1. The third-order valence-electron chi connectivity index (χ3n) is 1.66. The molecule has 1 aromatic carbocycles. The van der Waals surface area contributed by atoms with E-state index in [1.54, 1.807) is 6.21 Å². The van der Waals surface area contributed by atoms with Gasteiger partial charge in [-0.25, -0.2) is 4.39 Å². The standard InChI is InChI=1S/C8H5BrFN/c9-8-2-6(10)1-5-3-11-4-7(5)8/h1-2,4H,3H2. The molecular weight excluding hydrogens is 209 g/mol. The highest BCUT2D eigenvalue weighted by molar-refractivity contribution is 9.10. The zero-order valence-electron chi connectivity index (χ0n) is 5.64. The maximum atomic E-state index is 12.7. The summed E-state index contributed by atoms with van der Waals surface area (Å²) in [4.78, 5) is 4.03. The predicted octanol–water partition coefficient (Wildman–Crippen LogP) is 2.52. The first kappa shape index (κ1) is 6.98. The molecule has 0 aliphatic carbocycles. The van der Waals surface area contributed by atoms with E-state index in [0.717, 1.165) is 15.6 Å². The summed E-state index contributed by atoms with van der Waals surface area (Å²) in [7, 11) is 0. The lowest BCUT2D eigenvalue weighted by molar-refractivity contribution is 0.625. The van der Waals surface area contributed by atoms with Crippen LogP contribution in [0.15, 0.2) is 21.6 Å². The van der Waals surface area contributed by atoms with Crippen molar-refractivity contribution in [2.45, 2.75) is 6.54 Å². The van der Waals surface area contributed by atoms with Crippen LogP contribution >= 0.6 is 15.9 Å². The van der Waals surface area contributed by atoms with Crippen molar-refractivity contribution in [1.82, 2.24) is 0 Å². The van der Waals surface area contributed by atoms with E-state index in [0.29, 0.717) is 6.54 Å². The molecule has 1 aliphatic heterocycles. The maximum Gasteiger partial charge on any atom is 0.124 e. The molecule has 1 aliphatic rings. The summed E-state index contributed by atoms with van der Waals surface area (Å²) in [5.41, 5.74) is 1.96. The van der Waals surface area contributed by atoms with Crippen molar-refractivity contribution in [2.24, 2.45) is 4.99 Å². The van der Waals surface area contributed by atoms with Gasteiger partial charge in [0.15, 0.2) is 0 Å². The fourth-order valence-corrected chi connectivity index (χ4v) is 1.72. The summed E-state index contributed by atoms with van der Waals surface area (Å²) in [5, 5.41) is 0. The number of fused-ring (bicyclic) bond motifs is 1. The van der Waals surface area contributed by atoms with Gasteiger partial charge in [0.1, 0.15) is 5.82 Å². The van der Waals surface area contributed by atoms with Crippen LogP contribution in [0.5, 0.6) is 0 Å². The van der Waals surface area contributed by atoms with Gasteiger partial charge in [-0.05, 0) is 17.7 Å². The topological polar surface area (TPSA) is 12.4 Å². The maximum absolute atomic E-state index is 12.7. The molecule has 1 heterocycles. The number of hydrogen-bond donors (Lipinski definition) is 0. The molecule has 11 heavy (non-hydrogen) atoms. The minimum atomic E-state index is -0.207. The number of benzene rings is 1. The van der Waals surface area contributed by atoms with Gasteiger partial charge in [-0.15, -0.1) is 0 Å². The number of rotatable bonds is 0. The molecular formula is C8H5BrFN. The van der Waals surface area contributed by atoms with E-state index in [1.165, 1.54) is 12.1 Å². The first-order valence-electron chi connectivity index (χ1n) is 3.25. The van der Waals surface area contributed by atoms with E-state index in [1.807, 2.05) is 0 Å². The smallest absolute Gasteiger partial charge is 0.124 e. The molecule has 56 valence electrons. The molecule has 0 bridgehead atoms. The number of nitrogens with zero attached hydrogens (tertiary/aromatic N) is 1. The lowest BCUT2D eigenvalue weighted by Gasteiger charge is -1.99. The van der Waals surface area contributed by atoms with Crippen molar-refractivity contribution in [1.29, 1.82) is 0 Å². The van der Waals surface area contributed by atoms with Gasteiger partial charge < -0.3 is 0 Å². The summed E-state index contributed by atoms with van der Waals surface area (Å²) >= 11 is 3.27. The Morgan fingerprint density at radius 1 is 1.45 bits per heavy atom. The Balaban J connectivity index is 2.67. The number of halogens is 2. The highest BCUT2D eigenvalue weighted by Crippen LogP contribution is 2.24. The first-order chi connectivity index (χ1) is 5.27. The van der Waals surface area contributed by atoms with Crippen molar-refractivity contribution in [3.63, 3.8) is 0 Å². The lowest BCUT2D eigenvalue weighted by atomic mass is 10.1. The van der Waals surface area contributed by atoms with Crippen molar-refractivity contribution in [3.05, 3.63) is 33.5 Å². The van der Waals surface area contributed by atoms with E-state index in [-0.39, 0.29) is 5.82 Å². The molecule has 1 nitrogen and oxygen atoms in total. The van der Waals surface area contributed by atoms with Gasteiger partial charge in [-0.2, -0.15) is 0 Å². The molecule has 0 amide bonds. The van der Waals surface area contributed by atoms with E-state index in [4.69, 9.17) is 0 Å². The van der Waals surface area contributed by atoms with Crippen molar-refractivity contribution < 1.29 is 4.39 Å². The quantitative estimate of drug-likeness (QED) is 0.629. The fourth-order valence-electron chi connectivity index (χ4n) is 1.15. The highest BCUT2D eigenvalue weighted by atomic mass is 79.9. The highest BCUT2D eigenvalue weighted by Gasteiger charge is 2.10. The summed E-state index contributed by atoms with van der Waals surface area (Å²) < 4.78 is 13.5. The molecule has 0 fully saturated rings. The van der Waals surface area contributed by atoms with Gasteiger partial charge in [0, 0.05) is 16.3 Å². The molecule has 3 heteroatoms. The largest absolute Gasteiger partial charge is 0.288 e. The third kappa shape index (κ3) is 1.09. The second-order valence-corrected chi connectivity index (χ2v) is 3.28. The average Bonchev–Trinajstić information content (AvgIpc) is 2.34. The van der Waals surface area contributed by atoms with Crippen LogP contribution in [0.3, 0.4) is 0 Å². The van der Waals surface area contributed by atoms with Crippen LogP contribution in [0.4, 0.5) is 4.39 Å². The fraction of sp³-hybridized carbons (Fsp3) is 0.125. The summed E-state index contributed by atoms with van der Waals surface area (Å²) in [6.45, 7) is 0.603. The summed E-state index contributed by atoms with van der Waals surface area (Å²) in [6.07, 6.45) is 1.76. The van der Waals surface area contributed by atoms with Gasteiger partial charge in [-0.1, -0.05) is 15.9 Å². The molecule has 0 atom stereocenters. The normalized spacial score (nSPS) is 13.6. The molecule has 0 radical (unpaired) electrons. The van der Waals surface area contributed by atoms with E-state index >= 15 is 0 Å². The van der Waals surface area contributed by atoms with E-state index in [9.17, 15) is 4.39 Å². The Hall–Kier alpha value is -0.700. The van der Waals surface area contributed by atoms with Gasteiger partial charge in [0.25, 0.3) is 0 Å². The van der Waals surface area contributed by atoms with Crippen LogP contribution in [-0.2, 0) is 6.54 Å². The monoisotopic (exact) mass is 213 g/mol. The van der Waals surface area contributed by atoms with Crippen molar-refractivity contribution >= 4 is 22.1 Å². The Kier molecular flexibility index (Phi) is 1.53. The summed E-state index contributed by atoms with van der Waals surface area (Å²) in [6, 6.07) is 2.98. The Morgan fingerprint density at radius 2 is 2.27 bits per heavy atom. The van der Waals surface area contributed by atoms with Crippen LogP contribution in [0.2, 0.25) is 0 Å². The van der Waals surface area contributed by atoms with Crippen molar-refractivity contribution in [3.8, 4) is 0 Å². The van der Waals surface area contributed by atoms with Gasteiger partial charge in [0.05, 0.1) is 6.54 Å². The molecule has 0 aromatic heterocycles. The second-order valence-electron chi connectivity index (χ2n) is 2.43. The van der Waals surface area contributed by atoms with Gasteiger partial charge >= 0.3 is 0 Å². The van der Waals surface area contributed by atoms with E-state index < -0.39 is 0 Å². The minimum absolute atomic E-state index is 0.207. The zero-order valence-corrected chi connectivity index (χ0v) is 7.23. The third-order valence-corrected chi connectivity index (χ3v) is 2.32. The SMILES string of the molecule is Fc1cc(Br)c2c(c1)CN=C2. The first-order valence-corrected chi connectivity index (χ1v) is 4.04. The average molecular weight is 214 g/mol. The molecule has 0 saturated heterocycles. The van der Waals surface area contributed by atoms with Gasteiger partial charge in [0.2, 0.25) is 0 Å². The molecule has 0 unspecified atom stereocenters. The zero-order chi connectivity index (χ0) is 7.84. The molecule has 0 N–H and O–H groups in total. The molecule has 0 saturated carbocycles. The predicted molar refractivity (Wildman–Crippen MR) is 45.4 cm³/mol. The van der Waals surface area contributed by atoms with Gasteiger partial charge in [-0.3, -0.25) is 4.99 Å². The van der Waals surface area contributed by atoms with Crippen LogP contribution < -0.4 is 0 Å². The molecule has 2 rings (SSSR count). The van der Waals surface area contributed by atoms with Crippen LogP contribution in [0, 0.1) is 5.82 Å². The minimum Gasteiger partial charge on any atom is -0.288 e. The van der Waals surface area contributed by atoms with Crippen molar-refractivity contribution in [2.75, 3.05) is 0 Å². The second kappa shape index (κ2) is 2.41. The lowest BCUT2D eigenvalue weighted by Crippen LogP contribution is -1.87. The summed E-state index contributed by atoms with van der Waals surface area (Å²) in [5.74, 6) is -0.207. The molecule has 1 aromatic rings. The molecule has 0 spiro atoms. The Labute approximate surface area is 72.1 Å². The Morgan fingerprint density at radius 3 is 3.09 bits per heavy atom.